The smallest absolute Gasteiger partial charge is 0.241 e. The largest absolute Gasteiger partial charge is 0.355 e. The minimum absolute atomic E-state index is 0.0725. The van der Waals surface area contributed by atoms with Crippen molar-refractivity contribution in [2.45, 2.75) is 31.2 Å². The van der Waals surface area contributed by atoms with E-state index in [0.29, 0.717) is 13.0 Å². The number of carbonyl (C=O) groups excluding carboxylic acids is 1. The van der Waals surface area contributed by atoms with E-state index in [-0.39, 0.29) is 10.8 Å². The predicted molar refractivity (Wildman–Crippen MR) is 69.5 cm³/mol. The maximum atomic E-state index is 12.8. The second kappa shape index (κ2) is 6.63. The normalized spacial score (nSPS) is 13.0. The van der Waals surface area contributed by atoms with Crippen LogP contribution in [0.25, 0.3) is 0 Å². The Labute approximate surface area is 112 Å². The van der Waals surface area contributed by atoms with Gasteiger partial charge in [0.1, 0.15) is 11.9 Å². The molecule has 2 N–H and O–H groups in total. The Morgan fingerprint density at radius 2 is 1.84 bits per heavy atom. The van der Waals surface area contributed by atoms with Gasteiger partial charge in [-0.25, -0.2) is 12.8 Å². The molecule has 0 saturated heterocycles. The molecular formula is C12H17FN2O3S. The fraction of sp³-hybridized carbons (Fsp3) is 0.417. The van der Waals surface area contributed by atoms with E-state index < -0.39 is 21.9 Å². The van der Waals surface area contributed by atoms with Gasteiger partial charge >= 0.3 is 0 Å². The summed E-state index contributed by atoms with van der Waals surface area (Å²) in [5, 5.41) is 2.55. The van der Waals surface area contributed by atoms with Crippen LogP contribution in [-0.4, -0.2) is 26.9 Å². The summed E-state index contributed by atoms with van der Waals surface area (Å²) in [4.78, 5) is 11.6. The van der Waals surface area contributed by atoms with E-state index >= 15 is 0 Å². The number of sulfonamides is 1. The van der Waals surface area contributed by atoms with Gasteiger partial charge in [-0.15, -0.1) is 0 Å². The van der Waals surface area contributed by atoms with Crippen molar-refractivity contribution in [3.05, 3.63) is 30.1 Å². The molecule has 106 valence electrons. The zero-order valence-electron chi connectivity index (χ0n) is 10.8. The molecule has 0 radical (unpaired) electrons. The lowest BCUT2D eigenvalue weighted by molar-refractivity contribution is -0.122. The van der Waals surface area contributed by atoms with E-state index in [1.165, 1.54) is 0 Å². The first-order valence-corrected chi connectivity index (χ1v) is 7.44. The number of benzene rings is 1. The summed E-state index contributed by atoms with van der Waals surface area (Å²) in [5.41, 5.74) is 0. The van der Waals surface area contributed by atoms with Crippen LogP contribution in [0.15, 0.2) is 29.2 Å². The molecule has 5 nitrogen and oxygen atoms in total. The van der Waals surface area contributed by atoms with E-state index in [2.05, 4.69) is 10.0 Å². The average Bonchev–Trinajstić information content (AvgIpc) is 2.36. The first-order valence-electron chi connectivity index (χ1n) is 5.96. The van der Waals surface area contributed by atoms with E-state index in [0.717, 1.165) is 24.3 Å². The Morgan fingerprint density at radius 3 is 2.32 bits per heavy atom. The topological polar surface area (TPSA) is 75.3 Å². The second-order valence-corrected chi connectivity index (χ2v) is 5.64. The third-order valence-corrected chi connectivity index (χ3v) is 3.98. The molecule has 0 spiro atoms. The van der Waals surface area contributed by atoms with Crippen LogP contribution in [0.3, 0.4) is 0 Å². The summed E-state index contributed by atoms with van der Waals surface area (Å²) >= 11 is 0. The van der Waals surface area contributed by atoms with Crippen LogP contribution in [0.2, 0.25) is 0 Å². The molecule has 0 fully saturated rings. The van der Waals surface area contributed by atoms with Crippen LogP contribution in [0, 0.1) is 5.82 Å². The van der Waals surface area contributed by atoms with Crippen LogP contribution in [-0.2, 0) is 14.8 Å². The Bertz CT molecular complexity index is 528. The van der Waals surface area contributed by atoms with Crippen molar-refractivity contribution in [1.82, 2.24) is 10.0 Å². The number of halogens is 1. The molecule has 1 unspecified atom stereocenters. The van der Waals surface area contributed by atoms with Crippen molar-refractivity contribution in [1.29, 1.82) is 0 Å². The first-order chi connectivity index (χ1) is 8.90. The summed E-state index contributed by atoms with van der Waals surface area (Å²) < 4.78 is 39.1. The van der Waals surface area contributed by atoms with Crippen LogP contribution in [0.1, 0.15) is 20.3 Å². The highest BCUT2D eigenvalue weighted by molar-refractivity contribution is 7.89. The molecule has 0 aromatic heterocycles. The Morgan fingerprint density at radius 1 is 1.26 bits per heavy atom. The van der Waals surface area contributed by atoms with Gasteiger partial charge in [-0.2, -0.15) is 4.72 Å². The summed E-state index contributed by atoms with van der Waals surface area (Å²) in [6.07, 6.45) is 0.326. The van der Waals surface area contributed by atoms with Crippen molar-refractivity contribution < 1.29 is 17.6 Å². The number of carbonyl (C=O) groups is 1. The molecule has 1 atom stereocenters. The molecular weight excluding hydrogens is 271 g/mol. The monoisotopic (exact) mass is 288 g/mol. The average molecular weight is 288 g/mol. The molecule has 0 bridgehead atoms. The molecule has 1 aromatic carbocycles. The van der Waals surface area contributed by atoms with Crippen molar-refractivity contribution in [3.8, 4) is 0 Å². The number of likely N-dealkylation sites (N-methyl/N-ethyl adjacent to an activating group) is 1. The zero-order chi connectivity index (χ0) is 14.5. The van der Waals surface area contributed by atoms with Gasteiger partial charge in [-0.1, -0.05) is 6.92 Å². The van der Waals surface area contributed by atoms with Gasteiger partial charge in [0.15, 0.2) is 0 Å². The SMILES string of the molecule is CCNC(=O)C(CC)NS(=O)(=O)c1ccc(F)cc1. The Kier molecular flexibility index (Phi) is 5.44. The van der Waals surface area contributed by atoms with E-state index in [1.54, 1.807) is 13.8 Å². The lowest BCUT2D eigenvalue weighted by Gasteiger charge is -2.16. The van der Waals surface area contributed by atoms with Crippen molar-refractivity contribution in [2.75, 3.05) is 6.54 Å². The summed E-state index contributed by atoms with van der Waals surface area (Å²) in [7, 11) is -3.83. The summed E-state index contributed by atoms with van der Waals surface area (Å²) in [6, 6.07) is 3.59. The van der Waals surface area contributed by atoms with Gasteiger partial charge in [-0.3, -0.25) is 4.79 Å². The van der Waals surface area contributed by atoms with Gasteiger partial charge in [-0.05, 0) is 37.6 Å². The van der Waals surface area contributed by atoms with Crippen LogP contribution in [0.5, 0.6) is 0 Å². The summed E-state index contributed by atoms with van der Waals surface area (Å²) in [6.45, 7) is 3.87. The molecule has 1 amide bonds. The Hall–Kier alpha value is -1.47. The fourth-order valence-corrected chi connectivity index (χ4v) is 2.77. The lowest BCUT2D eigenvalue weighted by Crippen LogP contribution is -2.46. The predicted octanol–water partition coefficient (Wildman–Crippen LogP) is 1.02. The van der Waals surface area contributed by atoms with Crippen molar-refractivity contribution in [3.63, 3.8) is 0 Å². The highest BCUT2D eigenvalue weighted by Crippen LogP contribution is 2.10. The second-order valence-electron chi connectivity index (χ2n) is 3.93. The van der Waals surface area contributed by atoms with Crippen molar-refractivity contribution >= 4 is 15.9 Å². The molecule has 19 heavy (non-hydrogen) atoms. The number of hydrogen-bond donors (Lipinski definition) is 2. The third-order valence-electron chi connectivity index (χ3n) is 2.50. The number of amides is 1. The molecule has 0 heterocycles. The highest BCUT2D eigenvalue weighted by Gasteiger charge is 2.23. The van der Waals surface area contributed by atoms with E-state index in [9.17, 15) is 17.6 Å². The van der Waals surface area contributed by atoms with Gasteiger partial charge in [0.2, 0.25) is 15.9 Å². The van der Waals surface area contributed by atoms with Gasteiger partial charge in [0, 0.05) is 6.54 Å². The highest BCUT2D eigenvalue weighted by atomic mass is 32.2. The van der Waals surface area contributed by atoms with E-state index in [4.69, 9.17) is 0 Å². The van der Waals surface area contributed by atoms with Gasteiger partial charge < -0.3 is 5.32 Å². The van der Waals surface area contributed by atoms with Gasteiger partial charge in [0.25, 0.3) is 0 Å². The number of nitrogens with one attached hydrogen (secondary N) is 2. The van der Waals surface area contributed by atoms with Crippen LogP contribution in [0.4, 0.5) is 4.39 Å². The minimum atomic E-state index is -3.83. The summed E-state index contributed by atoms with van der Waals surface area (Å²) in [5.74, 6) is -0.898. The Balaban J connectivity index is 2.89. The maximum absolute atomic E-state index is 12.8. The maximum Gasteiger partial charge on any atom is 0.241 e. The number of hydrogen-bond acceptors (Lipinski definition) is 3. The number of rotatable bonds is 6. The first kappa shape index (κ1) is 15.6. The zero-order valence-corrected chi connectivity index (χ0v) is 11.6. The minimum Gasteiger partial charge on any atom is -0.355 e. The van der Waals surface area contributed by atoms with Gasteiger partial charge in [0.05, 0.1) is 4.90 Å². The lowest BCUT2D eigenvalue weighted by atomic mass is 10.2. The van der Waals surface area contributed by atoms with Crippen LogP contribution >= 0.6 is 0 Å². The third kappa shape index (κ3) is 4.29. The molecule has 1 aromatic rings. The van der Waals surface area contributed by atoms with Crippen molar-refractivity contribution in [2.24, 2.45) is 0 Å². The quantitative estimate of drug-likeness (QED) is 0.820. The van der Waals surface area contributed by atoms with Crippen LogP contribution < -0.4 is 10.0 Å². The molecule has 1 rings (SSSR count). The fourth-order valence-electron chi connectivity index (χ4n) is 1.49. The molecule has 7 heteroatoms. The van der Waals surface area contributed by atoms with E-state index in [1.807, 2.05) is 0 Å². The standard InChI is InChI=1S/C12H17FN2O3S/c1-3-11(12(16)14-4-2)15-19(17,18)10-7-5-9(13)6-8-10/h5-8,11,15H,3-4H2,1-2H3,(H,14,16). The molecule has 0 aliphatic rings. The molecule has 0 aliphatic carbocycles. The molecule has 0 aliphatic heterocycles. The molecule has 0 saturated carbocycles.